The molecule has 3 aliphatic carbocycles. The van der Waals surface area contributed by atoms with Gasteiger partial charge in [-0.25, -0.2) is 0 Å². The van der Waals surface area contributed by atoms with E-state index in [-0.39, 0.29) is 54.4 Å². The zero-order chi connectivity index (χ0) is 21.7. The lowest BCUT2D eigenvalue weighted by Gasteiger charge is -2.38. The van der Waals surface area contributed by atoms with Crippen LogP contribution in [0.2, 0.25) is 0 Å². The topological polar surface area (TPSA) is 60.9 Å². The highest BCUT2D eigenvalue weighted by Gasteiger charge is 2.56. The highest BCUT2D eigenvalue weighted by molar-refractivity contribution is 6.06. The Kier molecular flexibility index (Phi) is 5.11. The van der Waals surface area contributed by atoms with E-state index in [0.717, 1.165) is 25.9 Å². The fourth-order valence-electron chi connectivity index (χ4n) is 5.98. The number of aryl methyl sites for hydroxylation is 2. The number of rotatable bonds is 4. The van der Waals surface area contributed by atoms with Crippen LogP contribution in [0.4, 0.5) is 5.69 Å². The largest absolute Gasteiger partial charge is 0.368 e. The third-order valence-corrected chi connectivity index (χ3v) is 7.74. The van der Waals surface area contributed by atoms with Gasteiger partial charge in [-0.3, -0.25) is 19.3 Å². The monoisotopic (exact) mass is 421 g/mol. The Hall–Kier alpha value is -2.63. The van der Waals surface area contributed by atoms with Crippen LogP contribution in [0.3, 0.4) is 0 Å². The molecule has 0 spiro atoms. The summed E-state index contributed by atoms with van der Waals surface area (Å²) >= 11 is 0. The molecule has 3 fully saturated rings. The minimum atomic E-state index is -0.188. The molecule has 6 rings (SSSR count). The number of piperazine rings is 1. The van der Waals surface area contributed by atoms with Crippen LogP contribution in [0.5, 0.6) is 0 Å². The molecular weight excluding hydrogens is 390 g/mol. The summed E-state index contributed by atoms with van der Waals surface area (Å²) in [6, 6.07) is 6.47. The zero-order valence-corrected chi connectivity index (χ0v) is 18.4. The first-order valence-corrected chi connectivity index (χ1v) is 11.6. The Morgan fingerprint density at radius 2 is 1.55 bits per heavy atom. The first-order chi connectivity index (χ1) is 14.9. The summed E-state index contributed by atoms with van der Waals surface area (Å²) in [5.41, 5.74) is 3.73. The van der Waals surface area contributed by atoms with Gasteiger partial charge in [0.05, 0.1) is 11.8 Å². The van der Waals surface area contributed by atoms with Crippen LogP contribution in [0.25, 0.3) is 0 Å². The van der Waals surface area contributed by atoms with Crippen LogP contribution in [-0.4, -0.2) is 60.2 Å². The summed E-state index contributed by atoms with van der Waals surface area (Å²) in [6.07, 6.45) is 6.48. The number of carbonyl (C=O) groups excluding carboxylic acids is 3. The van der Waals surface area contributed by atoms with Crippen molar-refractivity contribution in [3.05, 3.63) is 41.5 Å². The molecule has 0 N–H and O–H groups in total. The Bertz CT molecular complexity index is 915. The molecule has 3 amide bonds. The smallest absolute Gasteiger partial charge is 0.233 e. The number of allylic oxidation sites excluding steroid dienone is 2. The van der Waals surface area contributed by atoms with Crippen molar-refractivity contribution in [1.29, 1.82) is 0 Å². The molecule has 0 aromatic heterocycles. The van der Waals surface area contributed by atoms with Crippen molar-refractivity contribution >= 4 is 23.4 Å². The van der Waals surface area contributed by atoms with E-state index in [4.69, 9.17) is 0 Å². The number of anilines is 1. The lowest BCUT2D eigenvalue weighted by atomic mass is 9.63. The molecule has 1 aromatic rings. The minimum absolute atomic E-state index is 0.0391. The Morgan fingerprint density at radius 1 is 0.935 bits per heavy atom. The molecule has 2 aliphatic heterocycles. The van der Waals surface area contributed by atoms with E-state index in [1.165, 1.54) is 21.7 Å². The highest BCUT2D eigenvalue weighted by Crippen LogP contribution is 2.49. The van der Waals surface area contributed by atoms with Gasteiger partial charge in [-0.05, 0) is 55.7 Å². The molecule has 2 saturated heterocycles. The predicted molar refractivity (Wildman–Crippen MR) is 118 cm³/mol. The number of hydrogen-bond acceptors (Lipinski definition) is 4. The Balaban J connectivity index is 1.16. The van der Waals surface area contributed by atoms with Gasteiger partial charge in [-0.2, -0.15) is 0 Å². The van der Waals surface area contributed by atoms with Gasteiger partial charge in [-0.1, -0.05) is 24.3 Å². The van der Waals surface area contributed by atoms with Gasteiger partial charge in [-0.15, -0.1) is 0 Å². The molecule has 1 aromatic carbocycles. The summed E-state index contributed by atoms with van der Waals surface area (Å²) in [4.78, 5) is 44.3. The number of fused-ring (bicyclic) bond motifs is 1. The van der Waals surface area contributed by atoms with E-state index >= 15 is 0 Å². The Morgan fingerprint density at radius 3 is 2.13 bits per heavy atom. The first-order valence-electron chi connectivity index (χ1n) is 11.6. The van der Waals surface area contributed by atoms with E-state index in [9.17, 15) is 14.4 Å². The van der Waals surface area contributed by atoms with Gasteiger partial charge in [0.25, 0.3) is 0 Å². The molecule has 0 radical (unpaired) electrons. The lowest BCUT2D eigenvalue weighted by molar-refractivity contribution is -0.141. The third kappa shape index (κ3) is 3.46. The second-order valence-corrected chi connectivity index (χ2v) is 9.58. The third-order valence-electron chi connectivity index (χ3n) is 7.74. The maximum atomic E-state index is 12.9. The van der Waals surface area contributed by atoms with E-state index in [1.54, 1.807) is 0 Å². The van der Waals surface area contributed by atoms with Gasteiger partial charge in [0.2, 0.25) is 17.7 Å². The van der Waals surface area contributed by atoms with Crippen molar-refractivity contribution < 1.29 is 14.4 Å². The van der Waals surface area contributed by atoms with Crippen LogP contribution in [0.1, 0.15) is 30.4 Å². The van der Waals surface area contributed by atoms with E-state index in [2.05, 4.69) is 49.1 Å². The van der Waals surface area contributed by atoms with Crippen LogP contribution >= 0.6 is 0 Å². The lowest BCUT2D eigenvalue weighted by Crippen LogP contribution is -2.49. The summed E-state index contributed by atoms with van der Waals surface area (Å²) in [7, 11) is 0. The van der Waals surface area contributed by atoms with Crippen LogP contribution in [-0.2, 0) is 14.4 Å². The van der Waals surface area contributed by atoms with Gasteiger partial charge >= 0.3 is 0 Å². The number of nitrogens with zero attached hydrogens (tertiary/aromatic N) is 3. The second kappa shape index (κ2) is 7.81. The van der Waals surface area contributed by atoms with Crippen molar-refractivity contribution in [3.63, 3.8) is 0 Å². The number of benzene rings is 1. The number of amides is 3. The van der Waals surface area contributed by atoms with E-state index in [0.29, 0.717) is 13.1 Å². The molecular formula is C25H31N3O3. The van der Waals surface area contributed by atoms with Crippen molar-refractivity contribution in [2.45, 2.75) is 33.1 Å². The molecule has 5 aliphatic rings. The zero-order valence-electron chi connectivity index (χ0n) is 18.4. The normalized spacial score (nSPS) is 29.7. The fraction of sp³-hybridized carbons (Fsp3) is 0.560. The number of hydrogen-bond donors (Lipinski definition) is 0. The van der Waals surface area contributed by atoms with E-state index < -0.39 is 0 Å². The molecule has 6 heteroatoms. The molecule has 31 heavy (non-hydrogen) atoms. The second-order valence-electron chi connectivity index (χ2n) is 9.58. The highest BCUT2D eigenvalue weighted by atomic mass is 16.2. The molecule has 2 bridgehead atoms. The number of carbonyl (C=O) groups is 3. The quantitative estimate of drug-likeness (QED) is 0.554. The summed E-state index contributed by atoms with van der Waals surface area (Å²) in [5, 5.41) is 0. The van der Waals surface area contributed by atoms with Gasteiger partial charge in [0.1, 0.15) is 0 Å². The maximum absolute atomic E-state index is 12.9. The molecule has 164 valence electrons. The summed E-state index contributed by atoms with van der Waals surface area (Å²) in [6.45, 7) is 7.39. The molecule has 2 heterocycles. The van der Waals surface area contributed by atoms with Crippen molar-refractivity contribution in [3.8, 4) is 0 Å². The average molecular weight is 422 g/mol. The molecule has 4 atom stereocenters. The van der Waals surface area contributed by atoms with Crippen molar-refractivity contribution in [1.82, 2.24) is 9.80 Å². The SMILES string of the molecule is Cc1ccc(C)c(N2CCN(C(=O)CCN3C(=O)[C@@H]4[C@@H](C3=O)[C@H]3C=C[C@H]4CC3)CC2)c1. The molecule has 0 unspecified atom stereocenters. The van der Waals surface area contributed by atoms with Crippen molar-refractivity contribution in [2.24, 2.45) is 23.7 Å². The fourth-order valence-corrected chi connectivity index (χ4v) is 5.98. The first kappa shape index (κ1) is 20.3. The van der Waals surface area contributed by atoms with Gasteiger partial charge in [0.15, 0.2) is 0 Å². The maximum Gasteiger partial charge on any atom is 0.233 e. The van der Waals surface area contributed by atoms with Crippen LogP contribution < -0.4 is 4.90 Å². The van der Waals surface area contributed by atoms with Gasteiger partial charge in [0, 0.05) is 44.8 Å². The predicted octanol–water partition coefficient (Wildman–Crippen LogP) is 2.54. The van der Waals surface area contributed by atoms with Crippen LogP contribution in [0, 0.1) is 37.5 Å². The minimum Gasteiger partial charge on any atom is -0.368 e. The standard InChI is InChI=1S/C25H31N3O3/c1-16-3-4-17(2)20(15-16)26-11-13-27(14-12-26)21(29)9-10-28-24(30)22-18-5-6-19(8-7-18)23(22)25(28)31/h3-6,15,18-19,22-23H,7-14H2,1-2H3/t18-,19-,22-,23-/m0/s1. The Labute approximate surface area is 183 Å². The summed E-state index contributed by atoms with van der Waals surface area (Å²) < 4.78 is 0. The summed E-state index contributed by atoms with van der Waals surface area (Å²) in [5.74, 6) is -0.0454. The van der Waals surface area contributed by atoms with Gasteiger partial charge < -0.3 is 9.80 Å². The average Bonchev–Trinajstić information content (AvgIpc) is 3.06. The number of imide groups is 1. The molecule has 1 saturated carbocycles. The molecule has 6 nitrogen and oxygen atoms in total. The van der Waals surface area contributed by atoms with Crippen LogP contribution in [0.15, 0.2) is 30.4 Å². The van der Waals surface area contributed by atoms with E-state index in [1.807, 2.05) is 4.90 Å². The van der Waals surface area contributed by atoms with Crippen molar-refractivity contribution in [2.75, 3.05) is 37.6 Å². The number of likely N-dealkylation sites (tertiary alicyclic amines) is 1.